The number of nitrogens with one attached hydrogen (secondary N) is 1. The van der Waals surface area contributed by atoms with Gasteiger partial charge in [-0.05, 0) is 17.7 Å². The molecule has 0 saturated carbocycles. The zero-order valence-electron chi connectivity index (χ0n) is 6.30. The maximum absolute atomic E-state index is 5.77. The van der Waals surface area contributed by atoms with Gasteiger partial charge in [-0.3, -0.25) is 0 Å². The standard InChI is InChI=1S/C8H8ClN2S/c9-7-2-1-6(4-10)8(3-7)11-5-12/h1-3H,4,10H2,(H,11,12). The SMILES string of the molecule is NCc1ccc(Cl)cc1N[C]=S. The lowest BCUT2D eigenvalue weighted by Gasteiger charge is -2.05. The van der Waals surface area contributed by atoms with Gasteiger partial charge in [0.15, 0.2) is 0 Å². The van der Waals surface area contributed by atoms with Crippen LogP contribution in [0.5, 0.6) is 0 Å². The van der Waals surface area contributed by atoms with E-state index in [1.807, 2.05) is 6.07 Å². The zero-order chi connectivity index (χ0) is 8.97. The lowest BCUT2D eigenvalue weighted by Crippen LogP contribution is -2.02. The summed E-state index contributed by atoms with van der Waals surface area (Å²) in [6.45, 7) is 0.455. The monoisotopic (exact) mass is 199 g/mol. The summed E-state index contributed by atoms with van der Waals surface area (Å²) in [6.07, 6.45) is 0. The van der Waals surface area contributed by atoms with E-state index in [2.05, 4.69) is 23.0 Å². The van der Waals surface area contributed by atoms with Crippen LogP contribution in [0.1, 0.15) is 5.56 Å². The first kappa shape index (κ1) is 9.45. The predicted molar refractivity (Wildman–Crippen MR) is 55.6 cm³/mol. The maximum atomic E-state index is 5.77. The third kappa shape index (κ3) is 2.17. The molecule has 0 heterocycles. The third-order valence-electron chi connectivity index (χ3n) is 1.48. The minimum atomic E-state index is 0.455. The minimum Gasteiger partial charge on any atom is -0.344 e. The van der Waals surface area contributed by atoms with Crippen LogP contribution in [-0.2, 0) is 6.54 Å². The zero-order valence-corrected chi connectivity index (χ0v) is 7.88. The first-order chi connectivity index (χ1) is 5.77. The van der Waals surface area contributed by atoms with Crippen LogP contribution >= 0.6 is 23.8 Å². The van der Waals surface area contributed by atoms with Crippen molar-refractivity contribution in [2.24, 2.45) is 5.73 Å². The average Bonchev–Trinajstić information content (AvgIpc) is 2.05. The largest absolute Gasteiger partial charge is 0.344 e. The van der Waals surface area contributed by atoms with Gasteiger partial charge in [-0.15, -0.1) is 0 Å². The Morgan fingerprint density at radius 3 is 2.92 bits per heavy atom. The Hall–Kier alpha value is -0.640. The predicted octanol–water partition coefficient (Wildman–Crippen LogP) is 2.04. The number of benzene rings is 1. The Labute approximate surface area is 81.7 Å². The molecule has 0 spiro atoms. The number of thiocarbonyl (C=S) groups is 1. The van der Waals surface area contributed by atoms with Gasteiger partial charge in [-0.2, -0.15) is 0 Å². The Balaban J connectivity index is 3.03. The first-order valence-electron chi connectivity index (χ1n) is 3.39. The second kappa shape index (κ2) is 4.40. The summed E-state index contributed by atoms with van der Waals surface area (Å²) < 4.78 is 0. The highest BCUT2D eigenvalue weighted by Gasteiger charge is 1.99. The summed E-state index contributed by atoms with van der Waals surface area (Å²) in [7, 11) is 0. The van der Waals surface area contributed by atoms with Gasteiger partial charge in [0.25, 0.3) is 0 Å². The molecule has 0 aliphatic heterocycles. The summed E-state index contributed by atoms with van der Waals surface area (Å²) in [5.74, 6) is 0. The number of halogens is 1. The van der Waals surface area contributed by atoms with Crippen LogP contribution in [0.2, 0.25) is 5.02 Å². The van der Waals surface area contributed by atoms with Crippen molar-refractivity contribution in [2.75, 3.05) is 5.32 Å². The van der Waals surface area contributed by atoms with E-state index >= 15 is 0 Å². The van der Waals surface area contributed by atoms with Crippen molar-refractivity contribution < 1.29 is 0 Å². The molecule has 12 heavy (non-hydrogen) atoms. The number of hydrogen-bond acceptors (Lipinski definition) is 2. The van der Waals surface area contributed by atoms with Gasteiger partial charge in [0, 0.05) is 17.3 Å². The van der Waals surface area contributed by atoms with Gasteiger partial charge >= 0.3 is 0 Å². The molecule has 4 heteroatoms. The van der Waals surface area contributed by atoms with Gasteiger partial charge in [-0.25, -0.2) is 0 Å². The van der Waals surface area contributed by atoms with E-state index in [4.69, 9.17) is 17.3 Å². The van der Waals surface area contributed by atoms with E-state index in [9.17, 15) is 0 Å². The smallest absolute Gasteiger partial charge is 0.138 e. The quantitative estimate of drug-likeness (QED) is 0.578. The van der Waals surface area contributed by atoms with Crippen LogP contribution < -0.4 is 11.1 Å². The fraction of sp³-hybridized carbons (Fsp3) is 0.125. The number of rotatable bonds is 3. The Kier molecular flexibility index (Phi) is 3.47. The number of hydrogen-bond donors (Lipinski definition) is 2. The molecule has 2 nitrogen and oxygen atoms in total. The number of nitrogens with two attached hydrogens (primary N) is 1. The topological polar surface area (TPSA) is 38.0 Å². The van der Waals surface area contributed by atoms with Crippen LogP contribution in [0.15, 0.2) is 18.2 Å². The molecule has 0 fully saturated rings. The highest BCUT2D eigenvalue weighted by Crippen LogP contribution is 2.19. The highest BCUT2D eigenvalue weighted by atomic mass is 35.5. The Morgan fingerprint density at radius 1 is 1.58 bits per heavy atom. The lowest BCUT2D eigenvalue weighted by molar-refractivity contribution is 1.07. The molecule has 0 bridgehead atoms. The normalized spacial score (nSPS) is 9.50. The first-order valence-corrected chi connectivity index (χ1v) is 4.18. The molecule has 1 rings (SSSR count). The van der Waals surface area contributed by atoms with Crippen LogP contribution in [0, 0.1) is 0 Å². The van der Waals surface area contributed by atoms with Gasteiger partial charge in [0.2, 0.25) is 0 Å². The van der Waals surface area contributed by atoms with Crippen molar-refractivity contribution in [3.05, 3.63) is 28.8 Å². The lowest BCUT2D eigenvalue weighted by atomic mass is 10.2. The molecule has 1 aromatic rings. The molecular weight excluding hydrogens is 192 g/mol. The van der Waals surface area contributed by atoms with E-state index in [1.54, 1.807) is 12.1 Å². The second-order valence-corrected chi connectivity index (χ2v) is 2.87. The summed E-state index contributed by atoms with van der Waals surface area (Å²) >= 11 is 10.3. The van der Waals surface area contributed by atoms with Crippen LogP contribution in [0.25, 0.3) is 0 Å². The van der Waals surface area contributed by atoms with E-state index in [1.165, 1.54) is 0 Å². The van der Waals surface area contributed by atoms with Crippen molar-refractivity contribution in [2.45, 2.75) is 6.54 Å². The van der Waals surface area contributed by atoms with Crippen molar-refractivity contribution in [1.29, 1.82) is 0 Å². The molecule has 0 aliphatic carbocycles. The Bertz CT molecular complexity index is 288. The van der Waals surface area contributed by atoms with Gasteiger partial charge in [-0.1, -0.05) is 29.9 Å². The summed E-state index contributed by atoms with van der Waals surface area (Å²) in [6, 6.07) is 5.42. The summed E-state index contributed by atoms with van der Waals surface area (Å²) in [4.78, 5) is 0. The average molecular weight is 200 g/mol. The molecule has 0 saturated heterocycles. The summed E-state index contributed by atoms with van der Waals surface area (Å²) in [5.41, 5.74) is 9.68. The molecule has 1 aromatic carbocycles. The molecule has 1 radical (unpaired) electrons. The van der Waals surface area contributed by atoms with E-state index in [0.717, 1.165) is 11.3 Å². The van der Waals surface area contributed by atoms with E-state index in [0.29, 0.717) is 11.6 Å². The molecule has 3 N–H and O–H groups in total. The van der Waals surface area contributed by atoms with Gasteiger partial charge in [0.1, 0.15) is 5.49 Å². The third-order valence-corrected chi connectivity index (χ3v) is 1.81. The summed E-state index contributed by atoms with van der Waals surface area (Å²) in [5, 5.41) is 3.42. The van der Waals surface area contributed by atoms with Crippen molar-refractivity contribution in [3.8, 4) is 0 Å². The minimum absolute atomic E-state index is 0.455. The van der Waals surface area contributed by atoms with Gasteiger partial charge < -0.3 is 11.1 Å². The fourth-order valence-corrected chi connectivity index (χ4v) is 1.18. The maximum Gasteiger partial charge on any atom is 0.138 e. The van der Waals surface area contributed by atoms with E-state index < -0.39 is 0 Å². The van der Waals surface area contributed by atoms with Crippen molar-refractivity contribution >= 4 is 35.0 Å². The molecule has 0 aliphatic rings. The van der Waals surface area contributed by atoms with Crippen LogP contribution in [0.3, 0.4) is 0 Å². The van der Waals surface area contributed by atoms with E-state index in [-0.39, 0.29) is 0 Å². The van der Waals surface area contributed by atoms with Crippen molar-refractivity contribution in [1.82, 2.24) is 0 Å². The molecule has 0 amide bonds. The van der Waals surface area contributed by atoms with Crippen LogP contribution in [0.4, 0.5) is 5.69 Å². The van der Waals surface area contributed by atoms with Crippen molar-refractivity contribution in [3.63, 3.8) is 0 Å². The molecule has 0 aromatic heterocycles. The molecule has 0 atom stereocenters. The number of anilines is 1. The second-order valence-electron chi connectivity index (χ2n) is 2.23. The molecule has 63 valence electrons. The highest BCUT2D eigenvalue weighted by molar-refractivity contribution is 7.79. The fourth-order valence-electron chi connectivity index (χ4n) is 0.898. The van der Waals surface area contributed by atoms with Crippen LogP contribution in [-0.4, -0.2) is 5.49 Å². The van der Waals surface area contributed by atoms with Gasteiger partial charge in [0.05, 0.1) is 0 Å². The molecule has 0 unspecified atom stereocenters. The molecular formula is C8H8ClN2S. The Morgan fingerprint density at radius 2 is 2.33 bits per heavy atom.